The maximum atomic E-state index is 13.2. The summed E-state index contributed by atoms with van der Waals surface area (Å²) < 4.78 is 17.9. The fourth-order valence-electron chi connectivity index (χ4n) is 4.28. The molecular weight excluding hydrogens is 398 g/mol. The van der Waals surface area contributed by atoms with E-state index in [1.807, 2.05) is 6.92 Å². The quantitative estimate of drug-likeness (QED) is 0.679. The van der Waals surface area contributed by atoms with E-state index >= 15 is 0 Å². The van der Waals surface area contributed by atoms with E-state index in [4.69, 9.17) is 14.2 Å². The lowest BCUT2D eigenvalue weighted by Crippen LogP contribution is -2.45. The van der Waals surface area contributed by atoms with Crippen LogP contribution in [-0.2, 0) is 14.3 Å². The van der Waals surface area contributed by atoms with Crippen LogP contribution in [0.1, 0.15) is 42.1 Å². The van der Waals surface area contributed by atoms with Crippen LogP contribution in [0.15, 0.2) is 18.2 Å². The van der Waals surface area contributed by atoms with Crippen LogP contribution in [0, 0.1) is 17.2 Å². The van der Waals surface area contributed by atoms with Crippen LogP contribution in [0.3, 0.4) is 0 Å². The molecule has 2 bridgehead atoms. The lowest BCUT2D eigenvalue weighted by atomic mass is 9.99. The number of nitrogens with zero attached hydrogens (tertiary/aromatic N) is 3. The third-order valence-electron chi connectivity index (χ3n) is 6.09. The summed E-state index contributed by atoms with van der Waals surface area (Å²) in [5.74, 6) is -0.423. The Morgan fingerprint density at radius 3 is 2.65 bits per heavy atom. The average molecular weight is 430 g/mol. The van der Waals surface area contributed by atoms with E-state index in [0.717, 1.165) is 19.3 Å². The number of fused-ring (bicyclic) bond motifs is 3. The summed E-state index contributed by atoms with van der Waals surface area (Å²) in [6, 6.07) is 7.04. The molecule has 2 amide bonds. The summed E-state index contributed by atoms with van der Waals surface area (Å²) in [7, 11) is 5.09. The Hall–Kier alpha value is -2.63. The highest BCUT2D eigenvalue weighted by Crippen LogP contribution is 2.29. The molecule has 0 saturated carbocycles. The molecule has 1 saturated heterocycles. The van der Waals surface area contributed by atoms with Crippen molar-refractivity contribution in [2.24, 2.45) is 5.92 Å². The van der Waals surface area contributed by atoms with Crippen LogP contribution in [-0.4, -0.2) is 80.8 Å². The monoisotopic (exact) mass is 429 g/mol. The second-order valence-corrected chi connectivity index (χ2v) is 8.39. The van der Waals surface area contributed by atoms with Gasteiger partial charge in [-0.1, -0.05) is 13.0 Å². The van der Waals surface area contributed by atoms with Gasteiger partial charge in [-0.2, -0.15) is 5.26 Å². The van der Waals surface area contributed by atoms with E-state index in [0.29, 0.717) is 12.1 Å². The topological polar surface area (TPSA) is 92.1 Å². The van der Waals surface area contributed by atoms with Crippen LogP contribution in [0.5, 0.6) is 5.75 Å². The molecule has 1 aromatic carbocycles. The molecule has 8 heteroatoms. The number of carbonyl (C=O) groups excluding carboxylic acids is 2. The van der Waals surface area contributed by atoms with Crippen molar-refractivity contribution in [1.29, 1.82) is 5.26 Å². The molecule has 1 aromatic rings. The maximum absolute atomic E-state index is 13.2. The molecule has 0 unspecified atom stereocenters. The number of hydrogen-bond donors (Lipinski definition) is 0. The Morgan fingerprint density at radius 2 is 1.94 bits per heavy atom. The van der Waals surface area contributed by atoms with Crippen molar-refractivity contribution >= 4 is 11.8 Å². The van der Waals surface area contributed by atoms with Gasteiger partial charge in [0, 0.05) is 34.3 Å². The molecule has 2 aliphatic rings. The fraction of sp³-hybridized carbons (Fsp3) is 0.609. The van der Waals surface area contributed by atoms with Gasteiger partial charge in [0.1, 0.15) is 24.5 Å². The first-order chi connectivity index (χ1) is 14.8. The second kappa shape index (κ2) is 10.1. The molecule has 3 rings (SSSR count). The Labute approximate surface area is 183 Å². The van der Waals surface area contributed by atoms with Crippen molar-refractivity contribution in [3.8, 4) is 11.8 Å². The number of benzene rings is 1. The van der Waals surface area contributed by atoms with Crippen molar-refractivity contribution in [3.63, 3.8) is 0 Å². The number of amides is 2. The van der Waals surface area contributed by atoms with Gasteiger partial charge in [-0.05, 0) is 31.4 Å². The van der Waals surface area contributed by atoms with E-state index in [1.54, 1.807) is 44.3 Å². The largest absolute Gasteiger partial charge is 0.489 e. The van der Waals surface area contributed by atoms with E-state index < -0.39 is 0 Å². The third-order valence-corrected chi connectivity index (χ3v) is 6.09. The predicted molar refractivity (Wildman–Crippen MR) is 114 cm³/mol. The molecule has 168 valence electrons. The van der Waals surface area contributed by atoms with E-state index in [-0.39, 0.29) is 60.5 Å². The molecule has 2 heterocycles. The first kappa shape index (κ1) is 23.0. The standard InChI is InChI=1S/C23H31N3O5/c1-15-13-26(3)23(28)18-7-5-6-16(12-24)21(18)30-14-20-19(29-4)9-8-17(31-20)10-11-25(2)22(15)27/h5-7,15,17,19-20H,8-11,13-14H2,1-4H3/t15-,17-,19+,20+/m0/s1. The highest BCUT2D eigenvalue weighted by Gasteiger charge is 2.33. The molecule has 0 aromatic heterocycles. The Bertz CT molecular complexity index is 852. The van der Waals surface area contributed by atoms with E-state index in [9.17, 15) is 14.9 Å². The molecule has 8 nitrogen and oxygen atoms in total. The third kappa shape index (κ3) is 5.17. The Kier molecular flexibility index (Phi) is 7.52. The minimum absolute atomic E-state index is 0.00864. The molecule has 0 spiro atoms. The number of nitriles is 1. The highest BCUT2D eigenvalue weighted by atomic mass is 16.6. The zero-order chi connectivity index (χ0) is 22.5. The summed E-state index contributed by atoms with van der Waals surface area (Å²) in [6.45, 7) is 2.84. The van der Waals surface area contributed by atoms with Gasteiger partial charge >= 0.3 is 0 Å². The van der Waals surface area contributed by atoms with Crippen molar-refractivity contribution < 1.29 is 23.8 Å². The van der Waals surface area contributed by atoms with Gasteiger partial charge in [-0.15, -0.1) is 0 Å². The number of para-hydroxylation sites is 1. The summed E-state index contributed by atoms with van der Waals surface area (Å²) in [5.41, 5.74) is 0.583. The van der Waals surface area contributed by atoms with Gasteiger partial charge in [0.15, 0.2) is 0 Å². The average Bonchev–Trinajstić information content (AvgIpc) is 2.79. The predicted octanol–water partition coefficient (Wildman–Crippen LogP) is 2.07. The van der Waals surface area contributed by atoms with E-state index in [2.05, 4.69) is 6.07 Å². The van der Waals surface area contributed by atoms with Gasteiger partial charge < -0.3 is 24.0 Å². The first-order valence-corrected chi connectivity index (χ1v) is 10.7. The summed E-state index contributed by atoms with van der Waals surface area (Å²) in [5, 5.41) is 9.57. The summed E-state index contributed by atoms with van der Waals surface area (Å²) in [6.07, 6.45) is 1.90. The SMILES string of the molecule is CO[C@@H]1CC[C@H]2CCN(C)C(=O)[C@@H](C)CN(C)C(=O)c3cccc(C#N)c3OC[C@H]1O2. The summed E-state index contributed by atoms with van der Waals surface area (Å²) in [4.78, 5) is 29.2. The van der Waals surface area contributed by atoms with Crippen LogP contribution in [0.25, 0.3) is 0 Å². The van der Waals surface area contributed by atoms with Gasteiger partial charge in [-0.25, -0.2) is 0 Å². The van der Waals surface area contributed by atoms with Crippen molar-refractivity contribution in [3.05, 3.63) is 29.3 Å². The van der Waals surface area contributed by atoms with Crippen LogP contribution in [0.2, 0.25) is 0 Å². The smallest absolute Gasteiger partial charge is 0.257 e. The van der Waals surface area contributed by atoms with E-state index in [1.165, 1.54) is 4.90 Å². The minimum atomic E-state index is -0.356. The van der Waals surface area contributed by atoms with Gasteiger partial charge in [0.25, 0.3) is 5.91 Å². The van der Waals surface area contributed by atoms with Crippen LogP contribution >= 0.6 is 0 Å². The normalized spacial score (nSPS) is 28.1. The number of hydrogen-bond acceptors (Lipinski definition) is 6. The zero-order valence-corrected chi connectivity index (χ0v) is 18.7. The minimum Gasteiger partial charge on any atom is -0.489 e. The second-order valence-electron chi connectivity index (χ2n) is 8.39. The molecule has 2 aliphatic heterocycles. The highest BCUT2D eigenvalue weighted by molar-refractivity contribution is 5.97. The van der Waals surface area contributed by atoms with Gasteiger partial charge in [0.2, 0.25) is 5.91 Å². The number of ether oxygens (including phenoxy) is 3. The Morgan fingerprint density at radius 1 is 1.16 bits per heavy atom. The molecule has 4 atom stereocenters. The molecule has 0 radical (unpaired) electrons. The van der Waals surface area contributed by atoms with Gasteiger partial charge in [-0.3, -0.25) is 9.59 Å². The van der Waals surface area contributed by atoms with Crippen molar-refractivity contribution in [2.45, 2.75) is 44.5 Å². The number of carbonyl (C=O) groups is 2. The fourth-order valence-corrected chi connectivity index (χ4v) is 4.28. The van der Waals surface area contributed by atoms with Crippen molar-refractivity contribution in [2.75, 3.05) is 40.9 Å². The Balaban J connectivity index is 1.96. The summed E-state index contributed by atoms with van der Waals surface area (Å²) >= 11 is 0. The molecule has 31 heavy (non-hydrogen) atoms. The van der Waals surface area contributed by atoms with Crippen LogP contribution < -0.4 is 4.74 Å². The molecule has 1 fully saturated rings. The number of rotatable bonds is 1. The molecular formula is C23H31N3O5. The van der Waals surface area contributed by atoms with Crippen molar-refractivity contribution in [1.82, 2.24) is 9.80 Å². The van der Waals surface area contributed by atoms with Crippen LogP contribution in [0.4, 0.5) is 0 Å². The molecule has 0 aliphatic carbocycles. The first-order valence-electron chi connectivity index (χ1n) is 10.7. The molecule has 0 N–H and O–H groups in total. The lowest BCUT2D eigenvalue weighted by molar-refractivity contribution is -0.146. The number of methoxy groups -OCH3 is 1. The maximum Gasteiger partial charge on any atom is 0.257 e. The van der Waals surface area contributed by atoms with Gasteiger partial charge in [0.05, 0.1) is 29.3 Å². The lowest BCUT2D eigenvalue weighted by Gasteiger charge is -2.36. The zero-order valence-electron chi connectivity index (χ0n) is 18.7.